The Morgan fingerprint density at radius 1 is 0.459 bits per heavy atom. The van der Waals surface area contributed by atoms with Gasteiger partial charge in [-0.3, -0.25) is 29.3 Å². The van der Waals surface area contributed by atoms with E-state index in [1.165, 1.54) is 54.5 Å². The third-order valence-electron chi connectivity index (χ3n) is 20.9. The van der Waals surface area contributed by atoms with E-state index in [1.807, 2.05) is 162 Å². The van der Waals surface area contributed by atoms with Gasteiger partial charge in [-0.2, -0.15) is 28.8 Å². The quantitative estimate of drug-likeness (QED) is 0.0384. The third-order valence-corrected chi connectivity index (χ3v) is 21.4. The fourth-order valence-corrected chi connectivity index (χ4v) is 14.4. The van der Waals surface area contributed by atoms with Crippen LogP contribution in [0.1, 0.15) is 66.0 Å². The maximum atomic E-state index is 13.8. The number of amides is 8. The summed E-state index contributed by atoms with van der Waals surface area (Å²) >= 11 is 1.47. The number of phenols is 1. The smallest absolute Gasteiger partial charge is 0.387 e. The molecule has 2 aliphatic carbocycles. The fourth-order valence-electron chi connectivity index (χ4n) is 14.1. The van der Waals surface area contributed by atoms with Crippen molar-refractivity contribution in [3.05, 3.63) is 253 Å². The van der Waals surface area contributed by atoms with Gasteiger partial charge in [-0.15, -0.1) is 0 Å². The molecule has 2 saturated carbocycles. The standard InChI is InChI=1S/C23H21F2N7O2.C23H23N5O3.C22H22N6O2.C21H20N4OS/c1-3-26-22-27-11-15-13-31(17-6-9-19-14(10-17)12-30(2)29-19)23(33)32(20(15)28-22)16-4-7-18(8-5-16)34-21(24)25;1-31-20-10-6-17(7-11-20)27-14-16-13-25-22(24-12-15-2-3-15)26-21(16)28(23(27)30)18-4-8-19(29)9-5-18;1-30-19-6-4-17(5-7-19)27-14-16-13-25-21(24-12-15-2-3-15)26-20(16)28(22(27)29)18-8-10-23-11-9-18;1-14-4-8-17(9-5-14)24-13-16-12-22-20(27-3)23-19(16)25(21(24)26)18-10-6-15(2)7-11-18/h4-12,21H,3,13H2,1-2H3,(H,26,27,28);4-11,13,15,29H,2-3,12,14H2,1H3,(H,24,25,26);4-11,13,15H,2-3,12,14H2,1H3,(H,24,25,26);4-12H,13H2,1-3H3. The second-order valence-corrected chi connectivity index (χ2v) is 30.3. The Labute approximate surface area is 705 Å². The maximum absolute atomic E-state index is 13.8. The normalized spacial score (nSPS) is 14.6. The number of benzene rings is 7. The first-order valence-electron chi connectivity index (χ1n) is 39.6. The second kappa shape index (κ2) is 35.9. The number of carbonyl (C=O) groups is 4. The highest BCUT2D eigenvalue weighted by Gasteiger charge is 2.40. The van der Waals surface area contributed by atoms with Gasteiger partial charge in [0.15, 0.2) is 28.4 Å². The van der Waals surface area contributed by atoms with Crippen LogP contribution in [0, 0.1) is 25.7 Å². The van der Waals surface area contributed by atoms with Gasteiger partial charge in [0.05, 0.1) is 68.7 Å². The molecule has 7 aromatic carbocycles. The summed E-state index contributed by atoms with van der Waals surface area (Å²) in [7, 11) is 5.06. The molecule has 122 heavy (non-hydrogen) atoms. The molecule has 13 aromatic rings. The lowest BCUT2D eigenvalue weighted by Gasteiger charge is -2.36. The monoisotopic (exact) mass is 1660 g/mol. The molecule has 4 N–H and O–H groups in total. The van der Waals surface area contributed by atoms with E-state index in [4.69, 9.17) is 14.5 Å². The van der Waals surface area contributed by atoms with Crippen molar-refractivity contribution < 1.29 is 47.3 Å². The molecular weight excluding hydrogens is 1580 g/mol. The Morgan fingerprint density at radius 2 is 0.820 bits per heavy atom. The first-order valence-corrected chi connectivity index (χ1v) is 40.8. The molecule has 0 unspecified atom stereocenters. The van der Waals surface area contributed by atoms with Crippen LogP contribution in [0.25, 0.3) is 10.9 Å². The zero-order chi connectivity index (χ0) is 84.7. The molecule has 0 radical (unpaired) electrons. The van der Waals surface area contributed by atoms with Crippen LogP contribution in [0.5, 0.6) is 23.0 Å². The van der Waals surface area contributed by atoms with Crippen molar-refractivity contribution in [2.24, 2.45) is 18.9 Å². The third kappa shape index (κ3) is 18.2. The van der Waals surface area contributed by atoms with Gasteiger partial charge >= 0.3 is 30.7 Å². The average Bonchev–Trinajstić information content (AvgIpc) is 1.29. The van der Waals surface area contributed by atoms with Gasteiger partial charge in [-0.25, -0.2) is 63.7 Å². The summed E-state index contributed by atoms with van der Waals surface area (Å²) in [5, 5.41) is 25.3. The van der Waals surface area contributed by atoms with Crippen molar-refractivity contribution in [1.82, 2.24) is 54.6 Å². The van der Waals surface area contributed by atoms with Crippen LogP contribution in [0.4, 0.5) is 115 Å². The number of aromatic hydroxyl groups is 1. The Hall–Kier alpha value is -14.6. The van der Waals surface area contributed by atoms with E-state index in [0.717, 1.165) is 91.6 Å². The van der Waals surface area contributed by atoms with Crippen LogP contribution in [-0.4, -0.2) is 131 Å². The number of aromatic nitrogens is 11. The number of anilines is 15. The summed E-state index contributed by atoms with van der Waals surface area (Å²) in [6.07, 6.45) is 19.2. The molecule has 2 fully saturated rings. The average molecular weight is 1660 g/mol. The van der Waals surface area contributed by atoms with Gasteiger partial charge in [0.2, 0.25) is 17.8 Å². The summed E-state index contributed by atoms with van der Waals surface area (Å²) in [6.45, 7) is 6.84. The van der Waals surface area contributed by atoms with Gasteiger partial charge in [-0.05, 0) is 216 Å². The number of methoxy groups -OCH3 is 2. The molecule has 0 spiro atoms. The SMILES string of the molecule is CCNc1ncc2c(n1)N(c1ccc(OC(F)F)cc1)C(=O)N(c1ccc3nn(C)cc3c1)C2.COc1ccc(N2Cc3cnc(NCC4CC4)nc3N(c3ccc(O)cc3)C2=O)cc1.COc1ccc(N2Cc3cnc(NCC4CC4)nc3N(c3ccncc3)C2=O)cc1.CSc1ncc2c(n1)N(c1ccc(C)cc1)C(=O)N(c1ccc(C)cc1)C2. The number of carbonyl (C=O) groups excluding carboxylic acids is 4. The number of nitrogens with zero attached hydrogens (tertiary/aromatic N) is 19. The number of aryl methyl sites for hydroxylation is 3. The summed E-state index contributed by atoms with van der Waals surface area (Å²) in [6, 6.07) is 51.4. The van der Waals surface area contributed by atoms with Gasteiger partial charge in [0, 0.05) is 120 Å². The molecule has 8 amide bonds. The van der Waals surface area contributed by atoms with E-state index in [2.05, 4.69) is 65.7 Å². The highest BCUT2D eigenvalue weighted by Crippen LogP contribution is 2.43. The van der Waals surface area contributed by atoms with Crippen molar-refractivity contribution >= 4 is 133 Å². The maximum Gasteiger partial charge on any atom is 0.387 e. The molecule has 30 nitrogen and oxygen atoms in total. The Kier molecular flexibility index (Phi) is 23.9. The van der Waals surface area contributed by atoms with E-state index in [-0.39, 0.29) is 42.2 Å². The number of nitrogens with one attached hydrogen (secondary N) is 3. The van der Waals surface area contributed by atoms with E-state index in [0.29, 0.717) is 107 Å². The van der Waals surface area contributed by atoms with E-state index >= 15 is 0 Å². The lowest BCUT2D eigenvalue weighted by Crippen LogP contribution is -2.45. The molecule has 0 bridgehead atoms. The van der Waals surface area contributed by atoms with Crippen molar-refractivity contribution in [2.45, 2.75) is 84.4 Å². The van der Waals surface area contributed by atoms with Crippen LogP contribution in [0.3, 0.4) is 0 Å². The highest BCUT2D eigenvalue weighted by molar-refractivity contribution is 7.98. The lowest BCUT2D eigenvalue weighted by atomic mass is 10.1. The van der Waals surface area contributed by atoms with Crippen LogP contribution in [-0.2, 0) is 33.2 Å². The van der Waals surface area contributed by atoms with Crippen molar-refractivity contribution in [3.63, 3.8) is 0 Å². The molecule has 0 saturated heterocycles. The number of hydrogen-bond donors (Lipinski definition) is 4. The minimum Gasteiger partial charge on any atom is -0.508 e. The molecular formula is C89H86F2N22O8S. The predicted molar refractivity (Wildman–Crippen MR) is 466 cm³/mol. The molecule has 6 aromatic heterocycles. The van der Waals surface area contributed by atoms with Gasteiger partial charge < -0.3 is 35.3 Å². The van der Waals surface area contributed by atoms with Gasteiger partial charge in [0.25, 0.3) is 0 Å². The fraction of sp³-hybridized carbons (Fsp3) is 0.236. The largest absolute Gasteiger partial charge is 0.508 e. The number of alkyl halides is 2. The van der Waals surface area contributed by atoms with E-state index in [1.54, 1.807) is 133 Å². The minimum absolute atomic E-state index is 0.00153. The lowest BCUT2D eigenvalue weighted by molar-refractivity contribution is -0.0498. The molecule has 33 heteroatoms. The summed E-state index contributed by atoms with van der Waals surface area (Å²) in [5.74, 6) is 6.67. The molecule has 19 rings (SSSR count). The Balaban J connectivity index is 0.000000121. The Bertz CT molecular complexity index is 5950. The number of rotatable bonds is 21. The molecule has 0 atom stereocenters. The summed E-state index contributed by atoms with van der Waals surface area (Å²) < 4.78 is 41.8. The Morgan fingerprint density at radius 3 is 1.23 bits per heavy atom. The summed E-state index contributed by atoms with van der Waals surface area (Å²) in [4.78, 5) is 108. The topological polar surface area (TPSA) is 312 Å². The van der Waals surface area contributed by atoms with E-state index in [9.17, 15) is 33.1 Å². The van der Waals surface area contributed by atoms with Crippen LogP contribution in [0.2, 0.25) is 0 Å². The highest BCUT2D eigenvalue weighted by atomic mass is 32.2. The number of pyridine rings is 1. The van der Waals surface area contributed by atoms with Gasteiger partial charge in [-0.1, -0.05) is 47.2 Å². The number of thioether (sulfide) groups is 1. The predicted octanol–water partition coefficient (Wildman–Crippen LogP) is 18.0. The van der Waals surface area contributed by atoms with Crippen molar-refractivity contribution in [1.29, 1.82) is 0 Å². The van der Waals surface area contributed by atoms with Crippen LogP contribution < -0.4 is 69.4 Å². The zero-order valence-corrected chi connectivity index (χ0v) is 68.6. The number of phenolic OH excluding ortho intramolecular Hbond substituents is 1. The molecule has 10 heterocycles. The number of urea groups is 4. The zero-order valence-electron chi connectivity index (χ0n) is 67.8. The van der Waals surface area contributed by atoms with Crippen LogP contribution in [0.15, 0.2) is 224 Å². The molecule has 620 valence electrons. The molecule has 4 aliphatic heterocycles. The number of halogens is 2. The van der Waals surface area contributed by atoms with Gasteiger partial charge in [0.1, 0.15) is 23.0 Å². The minimum atomic E-state index is -2.93. The van der Waals surface area contributed by atoms with Crippen molar-refractivity contribution in [3.8, 4) is 23.0 Å². The van der Waals surface area contributed by atoms with E-state index < -0.39 is 6.61 Å². The number of fused-ring (bicyclic) bond motifs is 5. The second-order valence-electron chi connectivity index (χ2n) is 29.5. The molecule has 6 aliphatic rings. The number of hydrogen-bond acceptors (Lipinski definition) is 22. The van der Waals surface area contributed by atoms with Crippen molar-refractivity contribution in [2.75, 3.05) is 95.3 Å². The van der Waals surface area contributed by atoms with Crippen LogP contribution >= 0.6 is 11.8 Å². The number of ether oxygens (including phenoxy) is 3. The summed E-state index contributed by atoms with van der Waals surface area (Å²) in [5.41, 5.74) is 12.2. The first-order chi connectivity index (χ1) is 59.3. The first kappa shape index (κ1) is 81.1.